The molecule has 2 aliphatic rings. The van der Waals surface area contributed by atoms with E-state index in [4.69, 9.17) is 11.6 Å². The number of aromatic nitrogens is 2. The Kier molecular flexibility index (Phi) is 5.38. The first-order chi connectivity index (χ1) is 15.9. The summed E-state index contributed by atoms with van der Waals surface area (Å²) in [5, 5.41) is 5.95. The lowest BCUT2D eigenvalue weighted by atomic mass is 9.92. The molecule has 1 aromatic heterocycles. The fraction of sp³-hybridized carbons (Fsp3) is 0.250. The molecule has 0 unspecified atom stereocenters. The third kappa shape index (κ3) is 4.09. The van der Waals surface area contributed by atoms with Crippen molar-refractivity contribution in [3.63, 3.8) is 0 Å². The second kappa shape index (κ2) is 8.37. The van der Waals surface area contributed by atoms with Gasteiger partial charge in [-0.1, -0.05) is 41.9 Å². The van der Waals surface area contributed by atoms with Crippen molar-refractivity contribution < 1.29 is 9.59 Å². The maximum Gasteiger partial charge on any atom is 0.258 e. The average Bonchev–Trinajstić information content (AvgIpc) is 2.80. The Morgan fingerprint density at radius 2 is 1.97 bits per heavy atom. The number of carbonyl (C=O) groups excluding carboxylic acids is 2. The number of aromatic amines is 1. The van der Waals surface area contributed by atoms with Crippen molar-refractivity contribution in [1.29, 1.82) is 0 Å². The highest BCUT2D eigenvalue weighted by Crippen LogP contribution is 2.32. The minimum absolute atomic E-state index is 0.131. The van der Waals surface area contributed by atoms with Gasteiger partial charge in [-0.05, 0) is 42.2 Å². The van der Waals surface area contributed by atoms with Gasteiger partial charge in [0.05, 0.1) is 11.5 Å². The van der Waals surface area contributed by atoms with E-state index in [0.717, 1.165) is 12.0 Å². The van der Waals surface area contributed by atoms with Gasteiger partial charge >= 0.3 is 0 Å². The van der Waals surface area contributed by atoms with E-state index < -0.39 is 17.4 Å². The second-order valence-corrected chi connectivity index (χ2v) is 8.78. The molecule has 1 atom stereocenters. The predicted molar refractivity (Wildman–Crippen MR) is 127 cm³/mol. The van der Waals surface area contributed by atoms with Crippen molar-refractivity contribution in [1.82, 2.24) is 9.97 Å². The molecule has 0 bridgehead atoms. The molecule has 0 aliphatic carbocycles. The molecule has 33 heavy (non-hydrogen) atoms. The van der Waals surface area contributed by atoms with Crippen molar-refractivity contribution in [2.24, 2.45) is 0 Å². The summed E-state index contributed by atoms with van der Waals surface area (Å²) in [6.07, 6.45) is 0.687. The van der Waals surface area contributed by atoms with E-state index in [1.807, 2.05) is 24.0 Å². The monoisotopic (exact) mass is 463 g/mol. The van der Waals surface area contributed by atoms with Crippen LogP contribution in [-0.2, 0) is 22.6 Å². The molecule has 8 nitrogen and oxygen atoms in total. The van der Waals surface area contributed by atoms with Gasteiger partial charge < -0.3 is 15.5 Å². The molecule has 0 radical (unpaired) electrons. The Balaban J connectivity index is 1.46. The molecule has 168 valence electrons. The lowest BCUT2D eigenvalue weighted by molar-refractivity contribution is -0.123. The number of hydrogen-bond donors (Lipinski definition) is 3. The molecule has 2 aromatic carbocycles. The molecule has 3 aromatic rings. The maximum atomic E-state index is 13.1. The van der Waals surface area contributed by atoms with Crippen LogP contribution in [0.1, 0.15) is 34.6 Å². The van der Waals surface area contributed by atoms with Gasteiger partial charge in [-0.2, -0.15) is 4.98 Å². The summed E-state index contributed by atoms with van der Waals surface area (Å²) in [6, 6.07) is 13.3. The zero-order chi connectivity index (χ0) is 23.1. The molecule has 3 heterocycles. The molecule has 0 spiro atoms. The van der Waals surface area contributed by atoms with Crippen molar-refractivity contribution in [2.75, 3.05) is 22.1 Å². The number of fused-ring (bicyclic) bond motifs is 2. The van der Waals surface area contributed by atoms with E-state index in [1.165, 1.54) is 11.1 Å². The fourth-order valence-corrected chi connectivity index (χ4v) is 4.53. The molecule has 2 amide bonds. The van der Waals surface area contributed by atoms with Gasteiger partial charge in [0.2, 0.25) is 17.8 Å². The summed E-state index contributed by atoms with van der Waals surface area (Å²) in [7, 11) is 0. The number of anilines is 3. The highest BCUT2D eigenvalue weighted by Gasteiger charge is 2.35. The maximum absolute atomic E-state index is 13.1. The smallest absolute Gasteiger partial charge is 0.258 e. The quantitative estimate of drug-likeness (QED) is 0.552. The number of benzene rings is 2. The average molecular weight is 464 g/mol. The summed E-state index contributed by atoms with van der Waals surface area (Å²) in [5.41, 5.74) is 3.52. The van der Waals surface area contributed by atoms with E-state index in [9.17, 15) is 14.4 Å². The minimum Gasteiger partial charge on any atom is -0.338 e. The van der Waals surface area contributed by atoms with Gasteiger partial charge in [0.25, 0.3) is 5.56 Å². The normalized spacial score (nSPS) is 17.1. The highest BCUT2D eigenvalue weighted by atomic mass is 35.5. The van der Waals surface area contributed by atoms with Crippen LogP contribution in [0.3, 0.4) is 0 Å². The lowest BCUT2D eigenvalue weighted by Gasteiger charge is -2.30. The van der Waals surface area contributed by atoms with E-state index in [-0.39, 0.29) is 23.7 Å². The molecular weight excluding hydrogens is 442 g/mol. The molecule has 0 saturated heterocycles. The summed E-state index contributed by atoms with van der Waals surface area (Å²) in [4.78, 5) is 47.9. The molecule has 5 rings (SSSR count). The molecule has 2 aliphatic heterocycles. The number of rotatable bonds is 3. The van der Waals surface area contributed by atoms with E-state index in [0.29, 0.717) is 29.7 Å². The Hall–Kier alpha value is -3.65. The SMILES string of the molecule is Cc1ccc(Cl)cc1NC(=O)[C@@H]1CC(=O)Nc2nc(N3CCc4ccccc4C3)[nH]c(=O)c21. The topological polar surface area (TPSA) is 107 Å². The Bertz CT molecular complexity index is 1340. The fourth-order valence-electron chi connectivity index (χ4n) is 4.36. The van der Waals surface area contributed by atoms with Gasteiger partial charge in [-0.3, -0.25) is 19.4 Å². The van der Waals surface area contributed by atoms with Crippen LogP contribution in [0.5, 0.6) is 0 Å². The molecule has 0 fully saturated rings. The minimum atomic E-state index is -0.959. The predicted octanol–water partition coefficient (Wildman–Crippen LogP) is 3.36. The van der Waals surface area contributed by atoms with Gasteiger partial charge in [0.15, 0.2) is 0 Å². The van der Waals surface area contributed by atoms with Crippen LogP contribution in [0.15, 0.2) is 47.3 Å². The standard InChI is InChI=1S/C24H22ClN5O3/c1-13-6-7-16(25)10-18(13)26-22(32)17-11-19(31)27-21-20(17)23(33)29-24(28-21)30-9-8-14-4-2-3-5-15(14)12-30/h2-7,10,17H,8-9,11-12H2,1H3,(H,26,32)(H2,27,28,29,31,33)/t17-/m1/s1. The van der Waals surface area contributed by atoms with Crippen molar-refractivity contribution in [3.05, 3.63) is 80.1 Å². The first-order valence-corrected chi connectivity index (χ1v) is 11.1. The van der Waals surface area contributed by atoms with Crippen molar-refractivity contribution in [2.45, 2.75) is 32.2 Å². The Morgan fingerprint density at radius 1 is 1.18 bits per heavy atom. The van der Waals surface area contributed by atoms with Gasteiger partial charge in [0, 0.05) is 30.2 Å². The lowest BCUT2D eigenvalue weighted by Crippen LogP contribution is -2.39. The zero-order valence-electron chi connectivity index (χ0n) is 17.9. The largest absolute Gasteiger partial charge is 0.338 e. The molecule has 3 N–H and O–H groups in total. The van der Waals surface area contributed by atoms with E-state index in [2.05, 4.69) is 32.7 Å². The summed E-state index contributed by atoms with van der Waals surface area (Å²) < 4.78 is 0. The van der Waals surface area contributed by atoms with Crippen LogP contribution in [0.25, 0.3) is 0 Å². The first-order valence-electron chi connectivity index (χ1n) is 10.7. The molecule has 0 saturated carbocycles. The van der Waals surface area contributed by atoms with Crippen molar-refractivity contribution >= 4 is 40.9 Å². The number of nitrogens with zero attached hydrogens (tertiary/aromatic N) is 2. The first kappa shape index (κ1) is 21.2. The van der Waals surface area contributed by atoms with E-state index >= 15 is 0 Å². The molecular formula is C24H22ClN5O3. The number of carbonyl (C=O) groups is 2. The molecule has 9 heteroatoms. The van der Waals surface area contributed by atoms with Crippen LogP contribution in [0.4, 0.5) is 17.5 Å². The number of H-pyrrole nitrogens is 1. The van der Waals surface area contributed by atoms with Gasteiger partial charge in [-0.15, -0.1) is 0 Å². The number of halogens is 1. The number of amides is 2. The Labute approximate surface area is 195 Å². The summed E-state index contributed by atoms with van der Waals surface area (Å²) >= 11 is 6.05. The van der Waals surface area contributed by atoms with Crippen LogP contribution < -0.4 is 21.1 Å². The van der Waals surface area contributed by atoms with Gasteiger partial charge in [0.1, 0.15) is 5.82 Å². The van der Waals surface area contributed by atoms with Crippen LogP contribution in [-0.4, -0.2) is 28.3 Å². The third-order valence-corrected chi connectivity index (χ3v) is 6.38. The highest BCUT2D eigenvalue weighted by molar-refractivity contribution is 6.31. The summed E-state index contributed by atoms with van der Waals surface area (Å²) in [5.74, 6) is -1.27. The van der Waals surface area contributed by atoms with Gasteiger partial charge in [-0.25, -0.2) is 0 Å². The third-order valence-electron chi connectivity index (χ3n) is 6.14. The number of hydrogen-bond acceptors (Lipinski definition) is 5. The summed E-state index contributed by atoms with van der Waals surface area (Å²) in [6.45, 7) is 3.12. The van der Waals surface area contributed by atoms with E-state index in [1.54, 1.807) is 18.2 Å². The zero-order valence-corrected chi connectivity index (χ0v) is 18.7. The van der Waals surface area contributed by atoms with Crippen molar-refractivity contribution in [3.8, 4) is 0 Å². The second-order valence-electron chi connectivity index (χ2n) is 8.35. The van der Waals surface area contributed by atoms with Crippen LogP contribution >= 0.6 is 11.6 Å². The number of nitrogens with one attached hydrogen (secondary N) is 3. The Morgan fingerprint density at radius 3 is 2.79 bits per heavy atom. The number of aryl methyl sites for hydroxylation is 1. The van der Waals surface area contributed by atoms with Crippen LogP contribution in [0.2, 0.25) is 5.02 Å². The van der Waals surface area contributed by atoms with Crippen LogP contribution in [0, 0.1) is 6.92 Å².